The first kappa shape index (κ1) is 13.8. The Bertz CT molecular complexity index is 528. The van der Waals surface area contributed by atoms with Gasteiger partial charge in [-0.25, -0.2) is 0 Å². The molecule has 1 aromatic rings. The molecule has 4 fully saturated rings. The highest BCUT2D eigenvalue weighted by Gasteiger charge is 2.59. The molecule has 2 atom stereocenters. The number of aromatic nitrogens is 2. The molecular weight excluding hydrogens is 258 g/mol. The second kappa shape index (κ2) is 4.34. The average molecular weight is 287 g/mol. The highest BCUT2D eigenvalue weighted by Crippen LogP contribution is 2.66. The summed E-state index contributed by atoms with van der Waals surface area (Å²) in [5.41, 5.74) is 3.00. The van der Waals surface area contributed by atoms with Crippen LogP contribution in [-0.4, -0.2) is 21.9 Å². The predicted octanol–water partition coefficient (Wildman–Crippen LogP) is 3.30. The summed E-state index contributed by atoms with van der Waals surface area (Å²) < 4.78 is 1.90. The fraction of sp³-hybridized carbons (Fsp3) is 0.833. The summed E-state index contributed by atoms with van der Waals surface area (Å²) in [6.07, 6.45) is 13.9. The van der Waals surface area contributed by atoms with Crippen LogP contribution in [0.3, 0.4) is 0 Å². The monoisotopic (exact) mass is 287 g/mol. The van der Waals surface area contributed by atoms with E-state index in [4.69, 9.17) is 0 Å². The van der Waals surface area contributed by atoms with Gasteiger partial charge in [-0.3, -0.25) is 4.68 Å². The van der Waals surface area contributed by atoms with Gasteiger partial charge in [-0.2, -0.15) is 5.10 Å². The Hall–Kier alpha value is -0.830. The minimum Gasteiger partial charge on any atom is -0.311 e. The van der Waals surface area contributed by atoms with Crippen LogP contribution in [0.15, 0.2) is 12.4 Å². The highest BCUT2D eigenvalue weighted by molar-refractivity contribution is 5.14. The Morgan fingerprint density at radius 3 is 2.48 bits per heavy atom. The second-order valence-corrected chi connectivity index (χ2v) is 9.11. The number of hydrogen-bond donors (Lipinski definition) is 1. The van der Waals surface area contributed by atoms with E-state index in [2.05, 4.69) is 30.5 Å². The first-order chi connectivity index (χ1) is 9.88. The van der Waals surface area contributed by atoms with Crippen molar-refractivity contribution in [3.05, 3.63) is 18.0 Å². The van der Waals surface area contributed by atoms with Crippen molar-refractivity contribution in [3.8, 4) is 0 Å². The van der Waals surface area contributed by atoms with Crippen LogP contribution in [0.4, 0.5) is 0 Å². The molecule has 2 unspecified atom stereocenters. The Balaban J connectivity index is 1.45. The molecule has 0 aromatic carbocycles. The first-order valence-electron chi connectivity index (χ1n) is 8.60. The zero-order valence-corrected chi connectivity index (χ0v) is 13.8. The molecule has 21 heavy (non-hydrogen) atoms. The lowest BCUT2D eigenvalue weighted by atomic mass is 9.43. The third-order valence-corrected chi connectivity index (χ3v) is 6.30. The van der Waals surface area contributed by atoms with Crippen molar-refractivity contribution in [2.45, 2.75) is 64.3 Å². The summed E-state index contributed by atoms with van der Waals surface area (Å²) in [7, 11) is 2.00. The van der Waals surface area contributed by atoms with Crippen LogP contribution in [0.25, 0.3) is 0 Å². The Morgan fingerprint density at radius 2 is 1.90 bits per heavy atom. The van der Waals surface area contributed by atoms with Crippen molar-refractivity contribution < 1.29 is 0 Å². The molecule has 0 radical (unpaired) electrons. The van der Waals surface area contributed by atoms with Gasteiger partial charge in [0.25, 0.3) is 0 Å². The maximum Gasteiger partial charge on any atom is 0.0522 e. The molecule has 3 heteroatoms. The SMILES string of the molecule is Cn1cc(CCNC23CC4CC(C)(CC(C)(C4)C2)C3)cn1. The summed E-state index contributed by atoms with van der Waals surface area (Å²) in [6.45, 7) is 6.20. The zero-order valence-electron chi connectivity index (χ0n) is 13.8. The molecule has 3 nitrogen and oxygen atoms in total. The van der Waals surface area contributed by atoms with Crippen molar-refractivity contribution in [2.75, 3.05) is 6.54 Å². The maximum absolute atomic E-state index is 4.27. The van der Waals surface area contributed by atoms with Crippen LogP contribution in [0.1, 0.15) is 57.9 Å². The van der Waals surface area contributed by atoms with E-state index < -0.39 is 0 Å². The first-order valence-corrected chi connectivity index (χ1v) is 8.60. The minimum atomic E-state index is 0.436. The van der Waals surface area contributed by atoms with Gasteiger partial charge in [0, 0.05) is 18.8 Å². The van der Waals surface area contributed by atoms with Gasteiger partial charge in [0.2, 0.25) is 0 Å². The van der Waals surface area contributed by atoms with Crippen LogP contribution in [0.2, 0.25) is 0 Å². The molecule has 4 saturated carbocycles. The van der Waals surface area contributed by atoms with Crippen molar-refractivity contribution in [3.63, 3.8) is 0 Å². The van der Waals surface area contributed by atoms with E-state index in [1.807, 2.05) is 17.9 Å². The Kier molecular flexibility index (Phi) is 2.86. The van der Waals surface area contributed by atoms with Crippen molar-refractivity contribution >= 4 is 0 Å². The predicted molar refractivity (Wildman–Crippen MR) is 85.1 cm³/mol. The quantitative estimate of drug-likeness (QED) is 0.921. The Labute approximate surface area is 128 Å². The van der Waals surface area contributed by atoms with Crippen LogP contribution >= 0.6 is 0 Å². The fourth-order valence-corrected chi connectivity index (χ4v) is 6.72. The van der Waals surface area contributed by atoms with Crippen molar-refractivity contribution in [1.29, 1.82) is 0 Å². The van der Waals surface area contributed by atoms with Crippen LogP contribution in [0.5, 0.6) is 0 Å². The van der Waals surface area contributed by atoms with Crippen molar-refractivity contribution in [2.24, 2.45) is 23.8 Å². The summed E-state index contributed by atoms with van der Waals surface area (Å²) in [6, 6.07) is 0. The molecule has 116 valence electrons. The van der Waals surface area contributed by atoms with Crippen LogP contribution < -0.4 is 5.32 Å². The van der Waals surface area contributed by atoms with E-state index in [1.165, 1.54) is 44.1 Å². The molecule has 0 amide bonds. The van der Waals surface area contributed by atoms with E-state index >= 15 is 0 Å². The number of hydrogen-bond acceptors (Lipinski definition) is 2. The van der Waals surface area contributed by atoms with Gasteiger partial charge in [0.15, 0.2) is 0 Å². The van der Waals surface area contributed by atoms with Gasteiger partial charge in [-0.15, -0.1) is 0 Å². The summed E-state index contributed by atoms with van der Waals surface area (Å²) in [5, 5.41) is 8.27. The van der Waals surface area contributed by atoms with Gasteiger partial charge in [0.1, 0.15) is 0 Å². The molecule has 4 bridgehead atoms. The minimum absolute atomic E-state index is 0.436. The highest BCUT2D eigenvalue weighted by atomic mass is 15.2. The van der Waals surface area contributed by atoms with E-state index in [0.29, 0.717) is 16.4 Å². The number of nitrogens with zero attached hydrogens (tertiary/aromatic N) is 2. The molecule has 0 aliphatic heterocycles. The third-order valence-electron chi connectivity index (χ3n) is 6.30. The van der Waals surface area contributed by atoms with Gasteiger partial charge in [-0.1, -0.05) is 13.8 Å². The van der Waals surface area contributed by atoms with Crippen molar-refractivity contribution in [1.82, 2.24) is 15.1 Å². The number of nitrogens with one attached hydrogen (secondary N) is 1. The van der Waals surface area contributed by atoms with Gasteiger partial charge < -0.3 is 5.32 Å². The standard InChI is InChI=1S/C18H29N3/c1-16-6-15-7-17(2,11-16)13-18(8-15,12-16)19-5-4-14-9-20-21(3)10-14/h9-10,15,19H,4-8,11-13H2,1-3H3. The third kappa shape index (κ3) is 2.44. The van der Waals surface area contributed by atoms with E-state index in [-0.39, 0.29) is 0 Å². The topological polar surface area (TPSA) is 29.9 Å². The maximum atomic E-state index is 4.27. The normalized spacial score (nSPS) is 44.4. The van der Waals surface area contributed by atoms with Crippen LogP contribution in [0, 0.1) is 16.7 Å². The van der Waals surface area contributed by atoms with Crippen LogP contribution in [-0.2, 0) is 13.5 Å². The number of aryl methyl sites for hydroxylation is 1. The summed E-state index contributed by atoms with van der Waals surface area (Å²) >= 11 is 0. The van der Waals surface area contributed by atoms with E-state index in [9.17, 15) is 0 Å². The molecule has 0 spiro atoms. The summed E-state index contributed by atoms with van der Waals surface area (Å²) in [4.78, 5) is 0. The van der Waals surface area contributed by atoms with Gasteiger partial charge >= 0.3 is 0 Å². The Morgan fingerprint density at radius 1 is 1.19 bits per heavy atom. The molecule has 1 heterocycles. The largest absolute Gasteiger partial charge is 0.311 e. The lowest BCUT2D eigenvalue weighted by Crippen LogP contribution is -2.64. The number of rotatable bonds is 4. The van der Waals surface area contributed by atoms with E-state index in [1.54, 1.807) is 0 Å². The van der Waals surface area contributed by atoms with Gasteiger partial charge in [0.05, 0.1) is 6.20 Å². The van der Waals surface area contributed by atoms with Gasteiger partial charge in [-0.05, 0) is 73.8 Å². The average Bonchev–Trinajstić information content (AvgIpc) is 2.69. The lowest BCUT2D eigenvalue weighted by Gasteiger charge is -2.65. The smallest absolute Gasteiger partial charge is 0.0522 e. The molecule has 4 aliphatic carbocycles. The van der Waals surface area contributed by atoms with E-state index in [0.717, 1.165) is 18.9 Å². The fourth-order valence-electron chi connectivity index (χ4n) is 6.72. The molecule has 0 saturated heterocycles. The molecule has 1 N–H and O–H groups in total. The summed E-state index contributed by atoms with van der Waals surface area (Å²) in [5.74, 6) is 0.974. The molecular formula is C18H29N3. The molecule has 1 aromatic heterocycles. The zero-order chi connectivity index (χ0) is 14.7. The lowest BCUT2D eigenvalue weighted by molar-refractivity contribution is -0.117. The molecule has 4 aliphatic rings. The molecule has 5 rings (SSSR count). The second-order valence-electron chi connectivity index (χ2n) is 9.11.